The summed E-state index contributed by atoms with van der Waals surface area (Å²) in [5.74, 6) is 2.82. The summed E-state index contributed by atoms with van der Waals surface area (Å²) in [6.45, 7) is 1.72. The Morgan fingerprint density at radius 1 is 1.24 bits per heavy atom. The van der Waals surface area contributed by atoms with Crippen LogP contribution in [0.25, 0.3) is 0 Å². The van der Waals surface area contributed by atoms with E-state index in [1.54, 1.807) is 0 Å². The highest BCUT2D eigenvalue weighted by atomic mass is 127. The molecule has 5 nitrogen and oxygen atoms in total. The van der Waals surface area contributed by atoms with Gasteiger partial charge in [-0.2, -0.15) is 0 Å². The van der Waals surface area contributed by atoms with Crippen molar-refractivity contribution in [2.24, 2.45) is 10.9 Å². The number of aliphatic imine (C=N–C) groups is 1. The van der Waals surface area contributed by atoms with Crippen LogP contribution in [0.1, 0.15) is 50.5 Å². The lowest BCUT2D eigenvalue weighted by atomic mass is 9.86. The molecule has 6 heteroatoms. The molecule has 0 saturated heterocycles. The Morgan fingerprint density at radius 2 is 2.00 bits per heavy atom. The van der Waals surface area contributed by atoms with Crippen LogP contribution in [0.2, 0.25) is 0 Å². The fourth-order valence-electron chi connectivity index (χ4n) is 3.44. The fraction of sp³-hybridized carbons (Fsp3) is 0.684. The average molecular weight is 459 g/mol. The molecule has 2 N–H and O–H groups in total. The van der Waals surface area contributed by atoms with Crippen LogP contribution in [0.4, 0.5) is 5.82 Å². The average Bonchev–Trinajstić information content (AvgIpc) is 2.62. The van der Waals surface area contributed by atoms with E-state index in [0.717, 1.165) is 30.8 Å². The first-order chi connectivity index (χ1) is 11.7. The predicted molar refractivity (Wildman–Crippen MR) is 118 cm³/mol. The van der Waals surface area contributed by atoms with Gasteiger partial charge < -0.3 is 15.5 Å². The predicted octanol–water partition coefficient (Wildman–Crippen LogP) is 3.79. The van der Waals surface area contributed by atoms with Crippen molar-refractivity contribution in [1.82, 2.24) is 15.6 Å². The second kappa shape index (κ2) is 12.3. The molecule has 0 amide bonds. The van der Waals surface area contributed by atoms with Crippen LogP contribution < -0.4 is 15.5 Å². The first-order valence-electron chi connectivity index (χ1n) is 9.26. The molecule has 1 aromatic rings. The number of aromatic nitrogens is 1. The molecule has 0 aliphatic heterocycles. The molecule has 1 fully saturated rings. The standard InChI is InChI=1S/C19H33N5.HI/c1-20-19(22-14-7-11-16-9-5-4-6-10-16)23-15-17-12-8-13-21-18(17)24(2)3;/h8,12-13,16H,4-7,9-11,14-15H2,1-3H3,(H2,20,22,23);1H. The molecule has 2 rings (SSSR count). The second-order valence-electron chi connectivity index (χ2n) is 6.88. The lowest BCUT2D eigenvalue weighted by Crippen LogP contribution is -2.37. The van der Waals surface area contributed by atoms with Crippen LogP contribution in [-0.4, -0.2) is 38.6 Å². The van der Waals surface area contributed by atoms with Gasteiger partial charge in [-0.15, -0.1) is 24.0 Å². The summed E-state index contributed by atoms with van der Waals surface area (Å²) in [6, 6.07) is 4.08. The van der Waals surface area contributed by atoms with Crippen molar-refractivity contribution in [1.29, 1.82) is 0 Å². The van der Waals surface area contributed by atoms with Gasteiger partial charge in [-0.05, 0) is 24.8 Å². The Hall–Kier alpha value is -1.05. The molecule has 0 aromatic carbocycles. The fourth-order valence-corrected chi connectivity index (χ4v) is 3.44. The van der Waals surface area contributed by atoms with E-state index in [0.29, 0.717) is 0 Å². The molecular formula is C19H34IN5. The van der Waals surface area contributed by atoms with E-state index in [4.69, 9.17) is 0 Å². The van der Waals surface area contributed by atoms with Crippen molar-refractivity contribution in [3.63, 3.8) is 0 Å². The summed E-state index contributed by atoms with van der Waals surface area (Å²) in [5, 5.41) is 6.82. The molecule has 142 valence electrons. The minimum Gasteiger partial charge on any atom is -0.362 e. The maximum Gasteiger partial charge on any atom is 0.191 e. The SMILES string of the molecule is CN=C(NCCCC1CCCCC1)NCc1cccnc1N(C)C.I. The summed E-state index contributed by atoms with van der Waals surface area (Å²) in [7, 11) is 5.86. The molecule has 0 unspecified atom stereocenters. The normalized spacial score (nSPS) is 15.4. The second-order valence-corrected chi connectivity index (χ2v) is 6.88. The first kappa shape index (κ1) is 22.0. The van der Waals surface area contributed by atoms with Crippen LogP contribution in [-0.2, 0) is 6.54 Å². The zero-order valence-corrected chi connectivity index (χ0v) is 18.3. The van der Waals surface area contributed by atoms with E-state index < -0.39 is 0 Å². The number of rotatable bonds is 7. The summed E-state index contributed by atoms with van der Waals surface area (Å²) in [4.78, 5) is 10.8. The summed E-state index contributed by atoms with van der Waals surface area (Å²) < 4.78 is 0. The Morgan fingerprint density at radius 3 is 2.68 bits per heavy atom. The van der Waals surface area contributed by atoms with Crippen LogP contribution in [0, 0.1) is 5.92 Å². The van der Waals surface area contributed by atoms with Gasteiger partial charge in [0.1, 0.15) is 5.82 Å². The Kier molecular flexibility index (Phi) is 10.8. The molecule has 0 atom stereocenters. The smallest absolute Gasteiger partial charge is 0.191 e. The van der Waals surface area contributed by atoms with Crippen LogP contribution in [0.3, 0.4) is 0 Å². The number of anilines is 1. The topological polar surface area (TPSA) is 52.6 Å². The zero-order chi connectivity index (χ0) is 17.2. The monoisotopic (exact) mass is 459 g/mol. The minimum absolute atomic E-state index is 0. The maximum absolute atomic E-state index is 4.43. The van der Waals surface area contributed by atoms with Gasteiger partial charge in [-0.1, -0.05) is 38.2 Å². The van der Waals surface area contributed by atoms with Crippen molar-refractivity contribution in [2.45, 2.75) is 51.5 Å². The molecule has 1 aliphatic carbocycles. The quantitative estimate of drug-likeness (QED) is 0.282. The molecule has 0 radical (unpaired) electrons. The van der Waals surface area contributed by atoms with Gasteiger partial charge in [0.15, 0.2) is 5.96 Å². The van der Waals surface area contributed by atoms with E-state index >= 15 is 0 Å². The lowest BCUT2D eigenvalue weighted by molar-refractivity contribution is 0.332. The van der Waals surface area contributed by atoms with E-state index in [2.05, 4.69) is 26.7 Å². The number of guanidine groups is 1. The van der Waals surface area contributed by atoms with Crippen molar-refractivity contribution < 1.29 is 0 Å². The number of nitrogens with one attached hydrogen (secondary N) is 2. The maximum atomic E-state index is 4.43. The highest BCUT2D eigenvalue weighted by molar-refractivity contribution is 14.0. The van der Waals surface area contributed by atoms with Gasteiger partial charge in [0.05, 0.1) is 0 Å². The van der Waals surface area contributed by atoms with Crippen LogP contribution >= 0.6 is 24.0 Å². The molecular weight excluding hydrogens is 425 g/mol. The van der Waals surface area contributed by atoms with Crippen molar-refractivity contribution in [2.75, 3.05) is 32.6 Å². The van der Waals surface area contributed by atoms with Gasteiger partial charge in [-0.25, -0.2) is 4.98 Å². The Balaban J connectivity index is 0.00000312. The highest BCUT2D eigenvalue weighted by Gasteiger charge is 2.12. The summed E-state index contributed by atoms with van der Waals surface area (Å²) >= 11 is 0. The third-order valence-electron chi connectivity index (χ3n) is 4.77. The van der Waals surface area contributed by atoms with E-state index in [-0.39, 0.29) is 24.0 Å². The highest BCUT2D eigenvalue weighted by Crippen LogP contribution is 2.26. The van der Waals surface area contributed by atoms with Crippen LogP contribution in [0.5, 0.6) is 0 Å². The molecule has 1 aliphatic rings. The Labute approximate surface area is 170 Å². The number of hydrogen-bond acceptors (Lipinski definition) is 3. The van der Waals surface area contributed by atoms with E-state index in [9.17, 15) is 0 Å². The largest absolute Gasteiger partial charge is 0.362 e. The molecule has 0 spiro atoms. The first-order valence-corrected chi connectivity index (χ1v) is 9.26. The minimum atomic E-state index is 0. The molecule has 0 bridgehead atoms. The van der Waals surface area contributed by atoms with Gasteiger partial charge in [-0.3, -0.25) is 4.99 Å². The number of nitrogens with zero attached hydrogens (tertiary/aromatic N) is 3. The zero-order valence-electron chi connectivity index (χ0n) is 15.9. The van der Waals surface area contributed by atoms with E-state index in [1.807, 2.05) is 38.3 Å². The van der Waals surface area contributed by atoms with Crippen molar-refractivity contribution >= 4 is 35.8 Å². The number of halogens is 1. The van der Waals surface area contributed by atoms with Gasteiger partial charge >= 0.3 is 0 Å². The lowest BCUT2D eigenvalue weighted by Gasteiger charge is -2.21. The third kappa shape index (κ3) is 7.79. The number of hydrogen-bond donors (Lipinski definition) is 2. The molecule has 25 heavy (non-hydrogen) atoms. The van der Waals surface area contributed by atoms with Crippen LogP contribution in [0.15, 0.2) is 23.3 Å². The molecule has 1 heterocycles. The van der Waals surface area contributed by atoms with Gasteiger partial charge in [0.2, 0.25) is 0 Å². The van der Waals surface area contributed by atoms with Crippen molar-refractivity contribution in [3.05, 3.63) is 23.9 Å². The molecule has 1 aromatic heterocycles. The summed E-state index contributed by atoms with van der Waals surface area (Å²) in [6.07, 6.45) is 11.6. The number of pyridine rings is 1. The van der Waals surface area contributed by atoms with Crippen molar-refractivity contribution in [3.8, 4) is 0 Å². The third-order valence-corrected chi connectivity index (χ3v) is 4.77. The van der Waals surface area contributed by atoms with Gasteiger partial charge in [0, 0.05) is 46.0 Å². The Bertz CT molecular complexity index is 512. The van der Waals surface area contributed by atoms with E-state index in [1.165, 1.54) is 50.5 Å². The molecule has 1 saturated carbocycles. The summed E-state index contributed by atoms with van der Waals surface area (Å²) in [5.41, 5.74) is 1.17. The van der Waals surface area contributed by atoms with Gasteiger partial charge in [0.25, 0.3) is 0 Å².